The molecule has 241 valence electrons. The van der Waals surface area contributed by atoms with Crippen LogP contribution in [0.3, 0.4) is 0 Å². The van der Waals surface area contributed by atoms with Gasteiger partial charge in [-0.25, -0.2) is 0 Å². The van der Waals surface area contributed by atoms with Crippen LogP contribution in [0, 0.1) is 23.7 Å². The molecule has 4 aromatic rings. The molecule has 0 aliphatic heterocycles. The van der Waals surface area contributed by atoms with E-state index in [1.165, 1.54) is 25.7 Å². The first-order chi connectivity index (χ1) is 19.6. The summed E-state index contributed by atoms with van der Waals surface area (Å²) >= 11 is 1.71. The fourth-order valence-corrected chi connectivity index (χ4v) is 1.43. The molecule has 4 nitrogen and oxygen atoms in total. The number of rotatable bonds is 4. The molecule has 0 unspecified atom stereocenters. The van der Waals surface area contributed by atoms with Crippen LogP contribution in [-0.4, -0.2) is 15.2 Å². The third kappa shape index (κ3) is 71.3. The Hall–Kier alpha value is -2.08. The van der Waals surface area contributed by atoms with E-state index in [9.17, 15) is 0 Å². The summed E-state index contributed by atoms with van der Waals surface area (Å²) in [5.41, 5.74) is 0. The number of furan rings is 1. The van der Waals surface area contributed by atoms with Crippen LogP contribution in [0.5, 0.6) is 0 Å². The molecule has 42 heavy (non-hydrogen) atoms. The number of aromatic nitrogens is 3. The standard InChI is InChI=1S/C5H5N.4C5H12.C4H4O.C4H4S.C3H4N2.V/c1-2-4-6-5-3-1;4*1-4-5(2)3;3*1-2-4-5-3-1;/h1-5H;4*5H,4H2,1-3H3;2*1-4H;1-3H,(H,4,5);. The van der Waals surface area contributed by atoms with Crippen molar-refractivity contribution in [1.82, 2.24) is 15.2 Å². The molecular formula is C36H65N3OSV. The summed E-state index contributed by atoms with van der Waals surface area (Å²) < 4.78 is 4.58. The average molecular weight is 639 g/mol. The molecule has 0 atom stereocenters. The van der Waals surface area contributed by atoms with Gasteiger partial charge in [-0.05, 0) is 64.8 Å². The maximum atomic E-state index is 4.58. The van der Waals surface area contributed by atoms with Gasteiger partial charge in [0.05, 0.1) is 12.5 Å². The first-order valence-corrected chi connectivity index (χ1v) is 16.3. The molecule has 0 spiro atoms. The number of H-pyrrole nitrogens is 1. The molecule has 1 N–H and O–H groups in total. The van der Waals surface area contributed by atoms with Gasteiger partial charge in [0.1, 0.15) is 0 Å². The van der Waals surface area contributed by atoms with E-state index in [1.807, 2.05) is 59.3 Å². The number of hydrogen-bond donors (Lipinski definition) is 1. The maximum Gasteiger partial charge on any atom is 0.0902 e. The van der Waals surface area contributed by atoms with E-state index in [0.717, 1.165) is 23.7 Å². The van der Waals surface area contributed by atoms with Crippen LogP contribution < -0.4 is 0 Å². The molecule has 4 heterocycles. The maximum absolute atomic E-state index is 4.58. The van der Waals surface area contributed by atoms with Crippen molar-refractivity contribution in [3.05, 3.63) is 96.6 Å². The summed E-state index contributed by atoms with van der Waals surface area (Å²) in [7, 11) is 0. The van der Waals surface area contributed by atoms with Crippen molar-refractivity contribution in [2.75, 3.05) is 0 Å². The van der Waals surface area contributed by atoms with Crippen LogP contribution in [-0.2, 0) is 18.6 Å². The van der Waals surface area contributed by atoms with Gasteiger partial charge < -0.3 is 4.42 Å². The van der Waals surface area contributed by atoms with Crippen molar-refractivity contribution in [1.29, 1.82) is 0 Å². The first-order valence-electron chi connectivity index (χ1n) is 15.3. The molecule has 0 saturated heterocycles. The zero-order chi connectivity index (χ0) is 32.0. The van der Waals surface area contributed by atoms with Crippen LogP contribution in [0.4, 0.5) is 0 Å². The monoisotopic (exact) mass is 638 g/mol. The van der Waals surface area contributed by atoms with Crippen molar-refractivity contribution < 1.29 is 23.0 Å². The molecule has 0 amide bonds. The van der Waals surface area contributed by atoms with Gasteiger partial charge in [-0.1, -0.05) is 127 Å². The van der Waals surface area contributed by atoms with E-state index < -0.39 is 0 Å². The van der Waals surface area contributed by atoms with Gasteiger partial charge in [-0.2, -0.15) is 16.4 Å². The first kappa shape index (κ1) is 49.6. The third-order valence-corrected chi connectivity index (χ3v) is 5.72. The van der Waals surface area contributed by atoms with E-state index in [1.54, 1.807) is 48.7 Å². The Kier molecular flexibility index (Phi) is 54.2. The molecule has 4 rings (SSSR count). The Morgan fingerprint density at radius 3 is 1.02 bits per heavy atom. The second-order valence-corrected chi connectivity index (χ2v) is 11.4. The molecule has 0 fully saturated rings. The fourth-order valence-electron chi connectivity index (χ4n) is 0.981. The summed E-state index contributed by atoms with van der Waals surface area (Å²) in [4.78, 5) is 3.78. The minimum atomic E-state index is 0. The van der Waals surface area contributed by atoms with Crippen molar-refractivity contribution in [2.24, 2.45) is 23.7 Å². The summed E-state index contributed by atoms with van der Waals surface area (Å²) in [6.45, 7) is 26.6. The largest absolute Gasteiger partial charge is 0.473 e. The van der Waals surface area contributed by atoms with Gasteiger partial charge in [0, 0.05) is 43.3 Å². The summed E-state index contributed by atoms with van der Waals surface area (Å²) in [6.07, 6.45) is 15.4. The minimum Gasteiger partial charge on any atom is -0.473 e. The van der Waals surface area contributed by atoms with Crippen LogP contribution in [0.15, 0.2) is 101 Å². The zero-order valence-corrected chi connectivity index (χ0v) is 31.2. The van der Waals surface area contributed by atoms with Crippen LogP contribution >= 0.6 is 11.3 Å². The quantitative estimate of drug-likeness (QED) is 0.242. The van der Waals surface area contributed by atoms with E-state index in [-0.39, 0.29) is 18.6 Å². The summed E-state index contributed by atoms with van der Waals surface area (Å²) in [5, 5.41) is 10.3. The molecule has 4 aromatic heterocycles. The topological polar surface area (TPSA) is 54.7 Å². The van der Waals surface area contributed by atoms with Crippen LogP contribution in [0.1, 0.15) is 109 Å². The molecule has 6 heteroatoms. The second kappa shape index (κ2) is 45.9. The van der Waals surface area contributed by atoms with Gasteiger partial charge in [0.15, 0.2) is 0 Å². The molecule has 0 aliphatic rings. The third-order valence-electron chi connectivity index (χ3n) is 5.09. The molecule has 0 aliphatic carbocycles. The minimum absolute atomic E-state index is 0. The van der Waals surface area contributed by atoms with Crippen molar-refractivity contribution >= 4 is 11.3 Å². The predicted octanol–water partition coefficient (Wildman–Crippen LogP) is 12.7. The van der Waals surface area contributed by atoms with Gasteiger partial charge in [-0.15, -0.1) is 0 Å². The van der Waals surface area contributed by atoms with Gasteiger partial charge in [-0.3, -0.25) is 10.1 Å². The predicted molar refractivity (Wildman–Crippen MR) is 186 cm³/mol. The van der Waals surface area contributed by atoms with Crippen molar-refractivity contribution in [2.45, 2.75) is 109 Å². The number of hydrogen-bond acceptors (Lipinski definition) is 4. The average Bonchev–Trinajstić information content (AvgIpc) is 3.82. The Labute approximate surface area is 277 Å². The Morgan fingerprint density at radius 2 is 0.929 bits per heavy atom. The molecule has 1 radical (unpaired) electrons. The normalized spacial score (nSPS) is 8.57. The van der Waals surface area contributed by atoms with Crippen LogP contribution in [0.25, 0.3) is 0 Å². The van der Waals surface area contributed by atoms with E-state index in [0.29, 0.717) is 0 Å². The summed E-state index contributed by atoms with van der Waals surface area (Å²) in [5.74, 6) is 3.54. The zero-order valence-electron chi connectivity index (χ0n) is 29.0. The smallest absolute Gasteiger partial charge is 0.0902 e. The van der Waals surface area contributed by atoms with Crippen molar-refractivity contribution in [3.8, 4) is 0 Å². The van der Waals surface area contributed by atoms with E-state index in [4.69, 9.17) is 0 Å². The molecular weight excluding hydrogens is 573 g/mol. The Morgan fingerprint density at radius 1 is 0.548 bits per heavy atom. The van der Waals surface area contributed by atoms with E-state index >= 15 is 0 Å². The van der Waals surface area contributed by atoms with Crippen molar-refractivity contribution in [3.63, 3.8) is 0 Å². The summed E-state index contributed by atoms with van der Waals surface area (Å²) in [6, 6.07) is 15.3. The van der Waals surface area contributed by atoms with Gasteiger partial charge in [0.25, 0.3) is 0 Å². The molecule has 0 aromatic carbocycles. The molecule has 0 bridgehead atoms. The van der Waals surface area contributed by atoms with Gasteiger partial charge >= 0.3 is 0 Å². The molecule has 0 saturated carbocycles. The number of nitrogens with one attached hydrogen (secondary N) is 1. The number of aromatic amines is 1. The number of thiophene rings is 1. The number of pyridine rings is 1. The van der Waals surface area contributed by atoms with Gasteiger partial charge in [0.2, 0.25) is 0 Å². The van der Waals surface area contributed by atoms with E-state index in [2.05, 4.69) is 103 Å². The Balaban J connectivity index is -0.000000124. The Bertz CT molecular complexity index is 632. The van der Waals surface area contributed by atoms with Crippen LogP contribution in [0.2, 0.25) is 0 Å². The second-order valence-electron chi connectivity index (χ2n) is 10.6. The SMILES string of the molecule is CCC(C)C.CCC(C)C.CCC(C)C.CCC(C)C.[V].c1ccncc1.c1ccoc1.c1ccsc1.c1cn[nH]c1. The number of nitrogens with zero attached hydrogens (tertiary/aromatic N) is 2. The fraction of sp³-hybridized carbons (Fsp3) is 0.556.